The molecule has 0 unspecified atom stereocenters. The van der Waals surface area contributed by atoms with Crippen LogP contribution in [0.1, 0.15) is 35.1 Å². The monoisotopic (exact) mass is 483 g/mol. The second kappa shape index (κ2) is 9.85. The van der Waals surface area contributed by atoms with Crippen LogP contribution < -0.4 is 0 Å². The zero-order chi connectivity index (χ0) is 24.5. The third-order valence-corrected chi connectivity index (χ3v) is 8.34. The molecule has 0 spiro atoms. The molecule has 3 aromatic rings. The highest BCUT2D eigenvalue weighted by molar-refractivity contribution is 7.89. The van der Waals surface area contributed by atoms with Gasteiger partial charge in [-0.1, -0.05) is 25.5 Å². The predicted octanol–water partition coefficient (Wildman–Crippen LogP) is 2.73. The van der Waals surface area contributed by atoms with Gasteiger partial charge in [-0.15, -0.1) is 0 Å². The van der Waals surface area contributed by atoms with Crippen molar-refractivity contribution < 1.29 is 13.2 Å². The molecule has 8 nitrogen and oxygen atoms in total. The molecule has 34 heavy (non-hydrogen) atoms. The largest absolute Gasteiger partial charge is 0.345 e. The molecule has 0 saturated carbocycles. The number of amides is 1. The standard InChI is InChI=1S/C25H33N5O3S/c1-5-6-19-7-10-21(11-8-19)34(32,33)30-15-13-29(14-16-30)18-24-26-22-17-20(25(31)27(2)3)9-12-23(22)28(24)4/h7-12,17H,5-6,13-16,18H2,1-4H3. The number of piperazine rings is 1. The number of aryl methyl sites for hydroxylation is 2. The summed E-state index contributed by atoms with van der Waals surface area (Å²) in [6.07, 6.45) is 1.99. The molecule has 4 rings (SSSR count). The topological polar surface area (TPSA) is 78.8 Å². The maximum Gasteiger partial charge on any atom is 0.253 e. The molecule has 1 aromatic heterocycles. The fraction of sp³-hybridized carbons (Fsp3) is 0.440. The van der Waals surface area contributed by atoms with Gasteiger partial charge in [-0.05, 0) is 42.3 Å². The predicted molar refractivity (Wildman–Crippen MR) is 133 cm³/mol. The molecule has 9 heteroatoms. The Labute approximate surface area is 201 Å². The Morgan fingerprint density at radius 2 is 1.71 bits per heavy atom. The number of carbonyl (C=O) groups is 1. The van der Waals surface area contributed by atoms with E-state index in [0.717, 1.165) is 35.3 Å². The van der Waals surface area contributed by atoms with Crippen molar-refractivity contribution in [3.63, 3.8) is 0 Å². The van der Waals surface area contributed by atoms with Gasteiger partial charge in [0.2, 0.25) is 10.0 Å². The van der Waals surface area contributed by atoms with Gasteiger partial charge in [-0.3, -0.25) is 9.69 Å². The summed E-state index contributed by atoms with van der Waals surface area (Å²) in [4.78, 5) is 21.2. The van der Waals surface area contributed by atoms with Crippen LogP contribution in [-0.2, 0) is 30.0 Å². The van der Waals surface area contributed by atoms with Crippen LogP contribution in [0.15, 0.2) is 47.4 Å². The first-order valence-corrected chi connectivity index (χ1v) is 13.1. The Hall–Kier alpha value is -2.75. The lowest BCUT2D eigenvalue weighted by Gasteiger charge is -2.33. The van der Waals surface area contributed by atoms with Crippen molar-refractivity contribution >= 4 is 27.0 Å². The van der Waals surface area contributed by atoms with Crippen LogP contribution in [0.5, 0.6) is 0 Å². The van der Waals surface area contributed by atoms with E-state index in [-0.39, 0.29) is 5.91 Å². The van der Waals surface area contributed by atoms with Crippen molar-refractivity contribution in [2.75, 3.05) is 40.3 Å². The molecule has 0 radical (unpaired) electrons. The number of hydrogen-bond donors (Lipinski definition) is 0. The van der Waals surface area contributed by atoms with E-state index in [1.165, 1.54) is 0 Å². The third-order valence-electron chi connectivity index (χ3n) is 6.42. The van der Waals surface area contributed by atoms with E-state index in [2.05, 4.69) is 11.8 Å². The normalized spacial score (nSPS) is 15.6. The molecule has 0 N–H and O–H groups in total. The van der Waals surface area contributed by atoms with E-state index >= 15 is 0 Å². The Kier molecular flexibility index (Phi) is 7.06. The second-order valence-electron chi connectivity index (χ2n) is 9.06. The van der Waals surface area contributed by atoms with Crippen LogP contribution in [0.3, 0.4) is 0 Å². The van der Waals surface area contributed by atoms with Gasteiger partial charge in [0.1, 0.15) is 5.82 Å². The number of hydrogen-bond acceptors (Lipinski definition) is 5. The number of nitrogens with zero attached hydrogens (tertiary/aromatic N) is 5. The highest BCUT2D eigenvalue weighted by atomic mass is 32.2. The molecule has 0 bridgehead atoms. The van der Waals surface area contributed by atoms with Gasteiger partial charge in [-0.25, -0.2) is 13.4 Å². The lowest BCUT2D eigenvalue weighted by molar-refractivity contribution is 0.0827. The summed E-state index contributed by atoms with van der Waals surface area (Å²) in [5.41, 5.74) is 3.53. The van der Waals surface area contributed by atoms with Crippen molar-refractivity contribution in [3.8, 4) is 0 Å². The smallest absolute Gasteiger partial charge is 0.253 e. The number of rotatable bonds is 7. The molecule has 2 aromatic carbocycles. The Balaban J connectivity index is 1.42. The first kappa shape index (κ1) is 24.4. The molecular weight excluding hydrogens is 450 g/mol. The second-order valence-corrected chi connectivity index (χ2v) is 11.0. The van der Waals surface area contributed by atoms with E-state index in [1.807, 2.05) is 41.9 Å². The molecular formula is C25H33N5O3S. The minimum atomic E-state index is -3.49. The fourth-order valence-corrected chi connectivity index (χ4v) is 5.80. The summed E-state index contributed by atoms with van der Waals surface area (Å²) in [6, 6.07) is 12.9. The van der Waals surface area contributed by atoms with Crippen LogP contribution in [0.25, 0.3) is 11.0 Å². The molecule has 1 fully saturated rings. The SMILES string of the molecule is CCCc1ccc(S(=O)(=O)N2CCN(Cc3nc4cc(C(=O)N(C)C)ccc4n3C)CC2)cc1. The van der Waals surface area contributed by atoms with E-state index in [9.17, 15) is 13.2 Å². The van der Waals surface area contributed by atoms with Gasteiger partial charge in [0, 0.05) is 52.9 Å². The van der Waals surface area contributed by atoms with Crippen LogP contribution in [-0.4, -0.2) is 78.3 Å². The Morgan fingerprint density at radius 3 is 2.32 bits per heavy atom. The van der Waals surface area contributed by atoms with Crippen LogP contribution >= 0.6 is 0 Å². The van der Waals surface area contributed by atoms with Gasteiger partial charge in [0.25, 0.3) is 5.91 Å². The number of benzene rings is 2. The van der Waals surface area contributed by atoms with Gasteiger partial charge in [-0.2, -0.15) is 4.31 Å². The molecule has 2 heterocycles. The first-order valence-electron chi connectivity index (χ1n) is 11.7. The minimum Gasteiger partial charge on any atom is -0.345 e. The van der Waals surface area contributed by atoms with E-state index in [0.29, 0.717) is 43.2 Å². The average molecular weight is 484 g/mol. The zero-order valence-electron chi connectivity index (χ0n) is 20.4. The van der Waals surface area contributed by atoms with Crippen molar-refractivity contribution in [3.05, 3.63) is 59.4 Å². The average Bonchev–Trinajstić information content (AvgIpc) is 3.13. The molecule has 0 aliphatic carbocycles. The number of aromatic nitrogens is 2. The molecule has 1 aliphatic rings. The number of imidazole rings is 1. The van der Waals surface area contributed by atoms with Crippen molar-refractivity contribution in [1.82, 2.24) is 23.7 Å². The summed E-state index contributed by atoms with van der Waals surface area (Å²) in [6.45, 7) is 4.92. The van der Waals surface area contributed by atoms with Gasteiger partial charge in [0.15, 0.2) is 0 Å². The molecule has 1 aliphatic heterocycles. The molecule has 1 saturated heterocycles. The third kappa shape index (κ3) is 4.87. The van der Waals surface area contributed by atoms with Crippen LogP contribution in [0.4, 0.5) is 0 Å². The van der Waals surface area contributed by atoms with E-state index in [4.69, 9.17) is 4.98 Å². The fourth-order valence-electron chi connectivity index (χ4n) is 4.38. The minimum absolute atomic E-state index is 0.0496. The summed E-state index contributed by atoms with van der Waals surface area (Å²) in [5.74, 6) is 0.846. The Bertz CT molecular complexity index is 1270. The lowest BCUT2D eigenvalue weighted by atomic mass is 10.1. The van der Waals surface area contributed by atoms with Gasteiger partial charge >= 0.3 is 0 Å². The summed E-state index contributed by atoms with van der Waals surface area (Å²) >= 11 is 0. The highest BCUT2D eigenvalue weighted by Crippen LogP contribution is 2.22. The maximum atomic E-state index is 13.1. The quantitative estimate of drug-likeness (QED) is 0.516. The van der Waals surface area contributed by atoms with E-state index < -0.39 is 10.0 Å². The maximum absolute atomic E-state index is 13.1. The van der Waals surface area contributed by atoms with Crippen molar-refractivity contribution in [2.24, 2.45) is 7.05 Å². The highest BCUT2D eigenvalue weighted by Gasteiger charge is 2.29. The lowest BCUT2D eigenvalue weighted by Crippen LogP contribution is -2.48. The summed E-state index contributed by atoms with van der Waals surface area (Å²) in [5, 5.41) is 0. The van der Waals surface area contributed by atoms with Crippen LogP contribution in [0.2, 0.25) is 0 Å². The van der Waals surface area contributed by atoms with Crippen molar-refractivity contribution in [2.45, 2.75) is 31.2 Å². The van der Waals surface area contributed by atoms with Crippen molar-refractivity contribution in [1.29, 1.82) is 0 Å². The first-order chi connectivity index (χ1) is 16.2. The zero-order valence-corrected chi connectivity index (χ0v) is 21.2. The molecule has 1 amide bonds. The Morgan fingerprint density at radius 1 is 1.03 bits per heavy atom. The van der Waals surface area contributed by atoms with Gasteiger partial charge < -0.3 is 9.47 Å². The summed E-state index contributed by atoms with van der Waals surface area (Å²) in [7, 11) is 1.95. The molecule has 182 valence electrons. The van der Waals surface area contributed by atoms with E-state index in [1.54, 1.807) is 35.4 Å². The number of sulfonamides is 1. The summed E-state index contributed by atoms with van der Waals surface area (Å²) < 4.78 is 29.8. The van der Waals surface area contributed by atoms with Gasteiger partial charge in [0.05, 0.1) is 22.5 Å². The number of fused-ring (bicyclic) bond motifs is 1. The van der Waals surface area contributed by atoms with Crippen LogP contribution in [0, 0.1) is 0 Å². The molecule has 0 atom stereocenters. The number of carbonyl (C=O) groups excluding carboxylic acids is 1.